The molecule has 1 fully saturated rings. The molecule has 0 atom stereocenters. The molecule has 1 amide bonds. The number of fused-ring (bicyclic) bond motifs is 1. The number of nitrogens with one attached hydrogen (secondary N) is 1. The van der Waals surface area contributed by atoms with Crippen LogP contribution in [0.1, 0.15) is 10.4 Å². The molecule has 7 nitrogen and oxygen atoms in total. The molecular weight excluding hydrogens is 474 g/mol. The Balaban J connectivity index is 1.24. The first-order valence-corrected chi connectivity index (χ1v) is 13.2. The molecule has 0 unspecified atom stereocenters. The maximum absolute atomic E-state index is 13.1. The van der Waals surface area contributed by atoms with E-state index in [1.54, 1.807) is 49.6 Å². The van der Waals surface area contributed by atoms with Crippen molar-refractivity contribution < 1.29 is 17.9 Å². The van der Waals surface area contributed by atoms with Gasteiger partial charge in [0, 0.05) is 54.6 Å². The molecule has 0 aliphatic carbocycles. The lowest BCUT2D eigenvalue weighted by molar-refractivity contribution is 0.0747. The number of methoxy groups -OCH3 is 1. The van der Waals surface area contributed by atoms with Gasteiger partial charge in [0.05, 0.1) is 12.0 Å². The first-order chi connectivity index (χ1) is 17.4. The van der Waals surface area contributed by atoms with Crippen molar-refractivity contribution in [2.45, 2.75) is 4.90 Å². The molecule has 0 aromatic heterocycles. The lowest BCUT2D eigenvalue weighted by Crippen LogP contribution is -2.48. The van der Waals surface area contributed by atoms with Crippen molar-refractivity contribution in [2.24, 2.45) is 0 Å². The van der Waals surface area contributed by atoms with Crippen LogP contribution in [-0.4, -0.2) is 52.5 Å². The second kappa shape index (κ2) is 9.91. The number of piperazine rings is 1. The molecule has 1 saturated heterocycles. The number of nitrogens with zero attached hydrogens (tertiary/aromatic N) is 2. The van der Waals surface area contributed by atoms with E-state index in [2.05, 4.69) is 9.62 Å². The molecule has 4 aromatic rings. The van der Waals surface area contributed by atoms with E-state index in [0.717, 1.165) is 29.9 Å². The highest BCUT2D eigenvalue weighted by Crippen LogP contribution is 2.26. The molecule has 36 heavy (non-hydrogen) atoms. The van der Waals surface area contributed by atoms with Crippen molar-refractivity contribution in [1.29, 1.82) is 0 Å². The summed E-state index contributed by atoms with van der Waals surface area (Å²) >= 11 is 0. The van der Waals surface area contributed by atoms with E-state index < -0.39 is 10.0 Å². The quantitative estimate of drug-likeness (QED) is 0.417. The summed E-state index contributed by atoms with van der Waals surface area (Å²) < 4.78 is 34.1. The zero-order valence-electron chi connectivity index (χ0n) is 19.9. The third-order valence-electron chi connectivity index (χ3n) is 6.41. The standard InChI is InChI=1S/C28H27N3O4S/c1-35-25-9-5-8-24(20-25)30-16-18-31(19-17-30)28(32)22-12-14-23(15-13-22)29-36(33,34)27-11-4-7-21-6-2-3-10-26(21)27/h2-15,20,29H,16-19H2,1H3. The summed E-state index contributed by atoms with van der Waals surface area (Å²) in [7, 11) is -2.14. The predicted octanol–water partition coefficient (Wildman–Crippen LogP) is 4.61. The number of carbonyl (C=O) groups excluding carboxylic acids is 1. The highest BCUT2D eigenvalue weighted by molar-refractivity contribution is 7.93. The molecular formula is C28H27N3O4S. The molecule has 0 bridgehead atoms. The Hall–Kier alpha value is -4.04. The molecule has 4 aromatic carbocycles. The van der Waals surface area contributed by atoms with Gasteiger partial charge < -0.3 is 14.5 Å². The van der Waals surface area contributed by atoms with E-state index in [9.17, 15) is 13.2 Å². The topological polar surface area (TPSA) is 79.0 Å². The fourth-order valence-corrected chi connectivity index (χ4v) is 5.77. The van der Waals surface area contributed by atoms with Gasteiger partial charge in [-0.1, -0.05) is 42.5 Å². The van der Waals surface area contributed by atoms with Crippen LogP contribution in [0.25, 0.3) is 10.8 Å². The Morgan fingerprint density at radius 3 is 2.28 bits per heavy atom. The lowest BCUT2D eigenvalue weighted by Gasteiger charge is -2.36. The van der Waals surface area contributed by atoms with Gasteiger partial charge in [-0.25, -0.2) is 8.42 Å². The summed E-state index contributed by atoms with van der Waals surface area (Å²) in [6.45, 7) is 2.65. The highest BCUT2D eigenvalue weighted by atomic mass is 32.2. The second-order valence-corrected chi connectivity index (χ2v) is 10.3. The minimum absolute atomic E-state index is 0.0660. The minimum atomic E-state index is -3.79. The van der Waals surface area contributed by atoms with Crippen LogP contribution in [0.2, 0.25) is 0 Å². The third kappa shape index (κ3) is 4.85. The fourth-order valence-electron chi connectivity index (χ4n) is 4.48. The first kappa shape index (κ1) is 23.7. The van der Waals surface area contributed by atoms with E-state index in [-0.39, 0.29) is 10.8 Å². The van der Waals surface area contributed by atoms with Crippen molar-refractivity contribution in [3.63, 3.8) is 0 Å². The van der Waals surface area contributed by atoms with Crippen LogP contribution in [0.15, 0.2) is 95.9 Å². The lowest BCUT2D eigenvalue weighted by atomic mass is 10.1. The predicted molar refractivity (Wildman–Crippen MR) is 142 cm³/mol. The van der Waals surface area contributed by atoms with Crippen LogP contribution in [0.5, 0.6) is 5.75 Å². The van der Waals surface area contributed by atoms with Gasteiger partial charge in [0.25, 0.3) is 15.9 Å². The second-order valence-electron chi connectivity index (χ2n) is 8.64. The molecule has 184 valence electrons. The number of sulfonamides is 1. The average Bonchev–Trinajstić information content (AvgIpc) is 2.92. The molecule has 1 heterocycles. The van der Waals surface area contributed by atoms with E-state index >= 15 is 0 Å². The van der Waals surface area contributed by atoms with Crippen LogP contribution >= 0.6 is 0 Å². The molecule has 1 aliphatic heterocycles. The SMILES string of the molecule is COc1cccc(N2CCN(C(=O)c3ccc(NS(=O)(=O)c4cccc5ccccc45)cc3)CC2)c1. The molecule has 0 saturated carbocycles. The normalized spacial score (nSPS) is 14.0. The Kier molecular flexibility index (Phi) is 6.52. The van der Waals surface area contributed by atoms with E-state index in [0.29, 0.717) is 29.7 Å². The van der Waals surface area contributed by atoms with Crippen molar-refractivity contribution in [1.82, 2.24) is 4.90 Å². The summed E-state index contributed by atoms with van der Waals surface area (Å²) in [5, 5.41) is 1.51. The van der Waals surface area contributed by atoms with Gasteiger partial charge in [-0.2, -0.15) is 0 Å². The fraction of sp³-hybridized carbons (Fsp3) is 0.179. The van der Waals surface area contributed by atoms with Gasteiger partial charge in [-0.05, 0) is 47.9 Å². The Labute approximate surface area is 211 Å². The maximum atomic E-state index is 13.1. The highest BCUT2D eigenvalue weighted by Gasteiger charge is 2.23. The number of carbonyl (C=O) groups is 1. The van der Waals surface area contributed by atoms with Crippen molar-refractivity contribution in [3.05, 3.63) is 96.6 Å². The third-order valence-corrected chi connectivity index (χ3v) is 7.85. The Morgan fingerprint density at radius 1 is 0.833 bits per heavy atom. The van der Waals surface area contributed by atoms with Crippen LogP contribution in [-0.2, 0) is 10.0 Å². The maximum Gasteiger partial charge on any atom is 0.262 e. The van der Waals surface area contributed by atoms with E-state index in [1.165, 1.54) is 0 Å². The number of hydrogen-bond donors (Lipinski definition) is 1. The number of benzene rings is 4. The number of amides is 1. The zero-order chi connectivity index (χ0) is 25.1. The van der Waals surface area contributed by atoms with Crippen LogP contribution in [0, 0.1) is 0 Å². The van der Waals surface area contributed by atoms with Crippen molar-refractivity contribution >= 4 is 38.1 Å². The molecule has 1 aliphatic rings. The van der Waals surface area contributed by atoms with Gasteiger partial charge in [-0.3, -0.25) is 9.52 Å². The number of hydrogen-bond acceptors (Lipinski definition) is 5. The first-order valence-electron chi connectivity index (χ1n) is 11.7. The van der Waals surface area contributed by atoms with E-state index in [1.807, 2.05) is 53.4 Å². The number of ether oxygens (including phenoxy) is 1. The Bertz CT molecular complexity index is 1490. The smallest absolute Gasteiger partial charge is 0.262 e. The molecule has 0 spiro atoms. The summed E-state index contributed by atoms with van der Waals surface area (Å²) in [5.41, 5.74) is 2.00. The van der Waals surface area contributed by atoms with Gasteiger partial charge in [0.1, 0.15) is 5.75 Å². The van der Waals surface area contributed by atoms with Gasteiger partial charge in [-0.15, -0.1) is 0 Å². The summed E-state index contributed by atoms with van der Waals surface area (Å²) in [6.07, 6.45) is 0. The van der Waals surface area contributed by atoms with Gasteiger partial charge in [0.2, 0.25) is 0 Å². The Morgan fingerprint density at radius 2 is 1.53 bits per heavy atom. The monoisotopic (exact) mass is 501 g/mol. The zero-order valence-corrected chi connectivity index (χ0v) is 20.7. The molecule has 5 rings (SSSR count). The van der Waals surface area contributed by atoms with Crippen LogP contribution < -0.4 is 14.4 Å². The molecule has 0 radical (unpaired) electrons. The number of rotatable bonds is 6. The largest absolute Gasteiger partial charge is 0.497 e. The summed E-state index contributed by atoms with van der Waals surface area (Å²) in [5.74, 6) is 0.742. The van der Waals surface area contributed by atoms with Gasteiger partial charge >= 0.3 is 0 Å². The molecule has 1 N–H and O–H groups in total. The average molecular weight is 502 g/mol. The van der Waals surface area contributed by atoms with Crippen molar-refractivity contribution in [3.8, 4) is 5.75 Å². The summed E-state index contributed by atoms with van der Waals surface area (Å²) in [6, 6.07) is 27.1. The summed E-state index contributed by atoms with van der Waals surface area (Å²) in [4.78, 5) is 17.3. The number of anilines is 2. The van der Waals surface area contributed by atoms with E-state index in [4.69, 9.17) is 4.74 Å². The van der Waals surface area contributed by atoms with Crippen LogP contribution in [0.3, 0.4) is 0 Å². The van der Waals surface area contributed by atoms with Gasteiger partial charge in [0.15, 0.2) is 0 Å². The van der Waals surface area contributed by atoms with Crippen LogP contribution in [0.4, 0.5) is 11.4 Å². The molecule has 8 heteroatoms. The van der Waals surface area contributed by atoms with Crippen molar-refractivity contribution in [2.75, 3.05) is 42.9 Å². The minimum Gasteiger partial charge on any atom is -0.497 e.